The maximum atomic E-state index is 12.0. The number of methoxy groups -OCH3 is 1. The normalized spacial score (nSPS) is 12.3. The molecule has 1 aromatic heterocycles. The molecule has 0 fully saturated rings. The highest BCUT2D eigenvalue weighted by atomic mass is 32.2. The van der Waals surface area contributed by atoms with Gasteiger partial charge >= 0.3 is 12.0 Å². The highest BCUT2D eigenvalue weighted by Gasteiger charge is 2.24. The van der Waals surface area contributed by atoms with E-state index in [1.807, 2.05) is 0 Å². The Hall–Kier alpha value is -3.66. The van der Waals surface area contributed by atoms with Crippen molar-refractivity contribution in [1.82, 2.24) is 0 Å². The molecule has 1 heterocycles. The summed E-state index contributed by atoms with van der Waals surface area (Å²) in [6.07, 6.45) is 1.28. The Kier molecular flexibility index (Phi) is 7.13. The summed E-state index contributed by atoms with van der Waals surface area (Å²) in [5.74, 6) is 0.0185. The molecular weight excluding hydrogens is 560 g/mol. The topological polar surface area (TPSA) is 184 Å². The van der Waals surface area contributed by atoms with Gasteiger partial charge in [-0.15, -0.1) is 0 Å². The largest absolute Gasteiger partial charge is 0.495 e. The van der Waals surface area contributed by atoms with Crippen molar-refractivity contribution in [2.45, 2.75) is 14.7 Å². The summed E-state index contributed by atoms with van der Waals surface area (Å²) in [6.45, 7) is 0. The van der Waals surface area contributed by atoms with E-state index < -0.39 is 35.2 Å². The molecule has 0 aliphatic heterocycles. The lowest BCUT2D eigenvalue weighted by Crippen LogP contribution is -2.02. The molecule has 4 aromatic rings. The van der Waals surface area contributed by atoms with Gasteiger partial charge in [-0.25, -0.2) is 4.42 Å². The van der Waals surface area contributed by atoms with Gasteiger partial charge in [0.2, 0.25) is 0 Å². The van der Waals surface area contributed by atoms with Crippen LogP contribution in [-0.4, -0.2) is 46.0 Å². The van der Waals surface area contributed by atoms with Crippen LogP contribution in [0.2, 0.25) is 0 Å². The third-order valence-corrected chi connectivity index (χ3v) is 8.09. The summed E-state index contributed by atoms with van der Waals surface area (Å²) >= 11 is 0. The molecule has 0 atom stereocenters. The lowest BCUT2D eigenvalue weighted by atomic mass is 9.95. The maximum absolute atomic E-state index is 12.0. The summed E-state index contributed by atoms with van der Waals surface area (Å²) < 4.78 is 109. The lowest BCUT2D eigenvalue weighted by molar-refractivity contribution is 0.397. The second-order valence-electron chi connectivity index (χ2n) is 7.91. The first kappa shape index (κ1) is 27.4. The van der Waals surface area contributed by atoms with E-state index in [0.29, 0.717) is 16.7 Å². The zero-order valence-corrected chi connectivity index (χ0v) is 21.8. The summed E-state index contributed by atoms with van der Waals surface area (Å²) in [4.78, 5) is -1.24. The Morgan fingerprint density at radius 3 is 1.84 bits per heavy atom. The zero-order valence-electron chi connectivity index (χ0n) is 19.3. The number of ether oxygens (including phenoxy) is 1. The molecule has 0 radical (unpaired) electrons. The summed E-state index contributed by atoms with van der Waals surface area (Å²) in [5, 5.41) is 0. The summed E-state index contributed by atoms with van der Waals surface area (Å²) in [7, 11) is -12.4. The van der Waals surface area contributed by atoms with Crippen molar-refractivity contribution < 1.29 is 48.1 Å². The van der Waals surface area contributed by atoms with Crippen molar-refractivity contribution in [3.05, 3.63) is 79.1 Å². The van der Waals surface area contributed by atoms with Crippen LogP contribution in [0.3, 0.4) is 0 Å². The van der Waals surface area contributed by atoms with E-state index in [0.717, 1.165) is 18.2 Å². The highest BCUT2D eigenvalue weighted by molar-refractivity contribution is 7.86. The molecule has 4 rings (SSSR count). The van der Waals surface area contributed by atoms with Gasteiger partial charge < -0.3 is 4.74 Å². The third kappa shape index (κ3) is 5.75. The molecule has 198 valence electrons. The van der Waals surface area contributed by atoms with E-state index in [2.05, 4.69) is 0 Å². The van der Waals surface area contributed by atoms with Crippen LogP contribution in [-0.2, 0) is 30.4 Å². The Morgan fingerprint density at radius 2 is 1.26 bits per heavy atom. The van der Waals surface area contributed by atoms with Crippen LogP contribution in [0, 0.1) is 0 Å². The van der Waals surface area contributed by atoms with Gasteiger partial charge in [-0.3, -0.25) is 13.7 Å². The molecule has 3 N–H and O–H groups in total. The number of rotatable bonds is 7. The van der Waals surface area contributed by atoms with Gasteiger partial charge in [0.1, 0.15) is 10.6 Å². The molecule has 14 heteroatoms. The number of hydrogen-bond donors (Lipinski definition) is 3. The van der Waals surface area contributed by atoms with Crippen molar-refractivity contribution in [2.24, 2.45) is 0 Å². The smallest absolute Gasteiger partial charge is 0.360 e. The first-order chi connectivity index (χ1) is 17.7. The Bertz CT molecular complexity index is 1860. The molecule has 0 aliphatic carbocycles. The van der Waals surface area contributed by atoms with Gasteiger partial charge in [-0.05, 0) is 53.6 Å². The van der Waals surface area contributed by atoms with Gasteiger partial charge in [0, 0.05) is 5.56 Å². The average molecular weight is 580 g/mol. The standard InChI is InChI=1S/C24H18O11S3/c1-34-22-10-7-16(12-24(22)38(31,32)33)20-13-23(17-3-2-4-19(11-17)37(28,29)30)35-14-21(20)15-5-8-18(9-6-15)36(25,26)27/h2-14H,1H3,(H2-,25,26,27,28,29,30,31,32,33)/p+1. The fourth-order valence-corrected chi connectivity index (χ4v) is 5.39. The van der Waals surface area contributed by atoms with E-state index in [-0.39, 0.29) is 32.4 Å². The molecule has 0 saturated carbocycles. The minimum atomic E-state index is -4.70. The summed E-state index contributed by atoms with van der Waals surface area (Å²) in [5.41, 5.74) is 1.65. The van der Waals surface area contributed by atoms with Crippen LogP contribution >= 0.6 is 0 Å². The van der Waals surface area contributed by atoms with Crippen LogP contribution in [0.1, 0.15) is 0 Å². The minimum absolute atomic E-state index is 0.114. The molecule has 38 heavy (non-hydrogen) atoms. The molecule has 0 bridgehead atoms. The predicted molar refractivity (Wildman–Crippen MR) is 135 cm³/mol. The van der Waals surface area contributed by atoms with E-state index in [9.17, 15) is 38.9 Å². The Balaban J connectivity index is 1.98. The van der Waals surface area contributed by atoms with Gasteiger partial charge in [-0.1, -0.05) is 24.3 Å². The molecule has 0 aliphatic rings. The lowest BCUT2D eigenvalue weighted by Gasteiger charge is -2.11. The average Bonchev–Trinajstić information content (AvgIpc) is 2.86. The summed E-state index contributed by atoms with van der Waals surface area (Å²) in [6, 6.07) is 15.9. The molecule has 0 saturated heterocycles. The van der Waals surface area contributed by atoms with Gasteiger partial charge in [0.15, 0.2) is 0 Å². The van der Waals surface area contributed by atoms with Crippen LogP contribution in [0.4, 0.5) is 0 Å². The number of hydrogen-bond acceptors (Lipinski definition) is 7. The van der Waals surface area contributed by atoms with Crippen LogP contribution in [0.25, 0.3) is 33.6 Å². The fourth-order valence-electron chi connectivity index (χ4n) is 3.70. The van der Waals surface area contributed by atoms with Gasteiger partial charge in [-0.2, -0.15) is 25.3 Å². The van der Waals surface area contributed by atoms with E-state index in [4.69, 9.17) is 9.15 Å². The van der Waals surface area contributed by atoms with Crippen LogP contribution < -0.4 is 4.74 Å². The highest BCUT2D eigenvalue weighted by Crippen LogP contribution is 2.39. The van der Waals surface area contributed by atoms with Crippen LogP contribution in [0.15, 0.2) is 98.2 Å². The first-order valence-corrected chi connectivity index (χ1v) is 14.8. The van der Waals surface area contributed by atoms with E-state index >= 15 is 0 Å². The van der Waals surface area contributed by atoms with Gasteiger partial charge in [0.05, 0.1) is 34.1 Å². The third-order valence-electron chi connectivity index (χ3n) is 5.50. The molecule has 3 aromatic carbocycles. The fraction of sp³-hybridized carbons (Fsp3) is 0.0417. The molecule has 0 unspecified atom stereocenters. The Morgan fingerprint density at radius 1 is 0.632 bits per heavy atom. The molecule has 0 amide bonds. The molecule has 11 nitrogen and oxygen atoms in total. The maximum Gasteiger partial charge on any atom is 0.360 e. The second-order valence-corrected chi connectivity index (χ2v) is 12.1. The zero-order chi connectivity index (χ0) is 27.9. The van der Waals surface area contributed by atoms with Crippen molar-refractivity contribution >= 4 is 30.4 Å². The van der Waals surface area contributed by atoms with E-state index in [1.54, 1.807) is 0 Å². The van der Waals surface area contributed by atoms with E-state index in [1.165, 1.54) is 68.0 Å². The number of benzene rings is 3. The molecule has 0 spiro atoms. The van der Waals surface area contributed by atoms with Crippen molar-refractivity contribution in [1.29, 1.82) is 0 Å². The minimum Gasteiger partial charge on any atom is -0.495 e. The van der Waals surface area contributed by atoms with Crippen LogP contribution in [0.5, 0.6) is 5.75 Å². The van der Waals surface area contributed by atoms with Crippen molar-refractivity contribution in [3.63, 3.8) is 0 Å². The van der Waals surface area contributed by atoms with Gasteiger partial charge in [0.25, 0.3) is 30.4 Å². The second kappa shape index (κ2) is 9.90. The first-order valence-electron chi connectivity index (χ1n) is 10.5. The Labute approximate surface area is 218 Å². The quantitative estimate of drug-likeness (QED) is 0.209. The van der Waals surface area contributed by atoms with Crippen molar-refractivity contribution in [3.8, 4) is 39.3 Å². The SMILES string of the molecule is COc1ccc(-c2cc(-c3cccc(S(=O)(=O)O)c3)[o+]cc2-c2ccc(S(=O)(=O)O)cc2)cc1S(=O)(=O)O. The predicted octanol–water partition coefficient (Wildman–Crippen LogP) is 4.31. The molecular formula is C24H19O11S3+. The monoisotopic (exact) mass is 579 g/mol. The van der Waals surface area contributed by atoms with Crippen molar-refractivity contribution in [2.75, 3.05) is 7.11 Å².